The van der Waals surface area contributed by atoms with E-state index in [1.807, 2.05) is 6.07 Å². The average molecular weight is 198 g/mol. The fourth-order valence-electron chi connectivity index (χ4n) is 1.42. The SMILES string of the molecule is CC1CCNc2cc(Cl)cnc2N1. The molecule has 0 bridgehead atoms. The molecular formula is C9H12ClN3. The van der Waals surface area contributed by atoms with Gasteiger partial charge in [0, 0.05) is 18.8 Å². The second-order valence-corrected chi connectivity index (χ2v) is 3.75. The van der Waals surface area contributed by atoms with Gasteiger partial charge >= 0.3 is 0 Å². The van der Waals surface area contributed by atoms with Gasteiger partial charge in [-0.05, 0) is 19.4 Å². The molecule has 0 saturated heterocycles. The van der Waals surface area contributed by atoms with Gasteiger partial charge in [0.15, 0.2) is 0 Å². The Morgan fingerprint density at radius 1 is 1.62 bits per heavy atom. The maximum atomic E-state index is 5.84. The summed E-state index contributed by atoms with van der Waals surface area (Å²) in [5, 5.41) is 7.27. The number of fused-ring (bicyclic) bond motifs is 1. The Morgan fingerprint density at radius 3 is 3.31 bits per heavy atom. The smallest absolute Gasteiger partial charge is 0.149 e. The molecule has 2 rings (SSSR count). The van der Waals surface area contributed by atoms with Crippen molar-refractivity contribution < 1.29 is 0 Å². The maximum Gasteiger partial charge on any atom is 0.149 e. The Bertz CT molecular complexity index is 314. The number of nitrogens with one attached hydrogen (secondary N) is 2. The van der Waals surface area contributed by atoms with E-state index in [-0.39, 0.29) is 0 Å². The highest BCUT2D eigenvalue weighted by atomic mass is 35.5. The van der Waals surface area contributed by atoms with Crippen LogP contribution < -0.4 is 10.6 Å². The lowest BCUT2D eigenvalue weighted by Crippen LogP contribution is -2.15. The van der Waals surface area contributed by atoms with Crippen molar-refractivity contribution in [1.29, 1.82) is 0 Å². The van der Waals surface area contributed by atoms with Gasteiger partial charge in [-0.2, -0.15) is 0 Å². The Morgan fingerprint density at radius 2 is 2.46 bits per heavy atom. The number of pyridine rings is 1. The summed E-state index contributed by atoms with van der Waals surface area (Å²) in [4.78, 5) is 4.22. The van der Waals surface area contributed by atoms with Crippen molar-refractivity contribution in [3.05, 3.63) is 17.3 Å². The maximum absolute atomic E-state index is 5.84. The highest BCUT2D eigenvalue weighted by molar-refractivity contribution is 6.30. The van der Waals surface area contributed by atoms with Crippen LogP contribution in [-0.4, -0.2) is 17.6 Å². The molecule has 0 saturated carbocycles. The van der Waals surface area contributed by atoms with Gasteiger partial charge in [0.25, 0.3) is 0 Å². The van der Waals surface area contributed by atoms with Crippen LogP contribution in [0.1, 0.15) is 13.3 Å². The predicted molar refractivity (Wildman–Crippen MR) is 55.4 cm³/mol. The van der Waals surface area contributed by atoms with Crippen molar-refractivity contribution in [2.75, 3.05) is 17.2 Å². The minimum absolute atomic E-state index is 0.461. The van der Waals surface area contributed by atoms with Crippen LogP contribution >= 0.6 is 11.6 Å². The van der Waals surface area contributed by atoms with Crippen molar-refractivity contribution in [2.24, 2.45) is 0 Å². The number of aromatic nitrogens is 1. The van der Waals surface area contributed by atoms with Crippen molar-refractivity contribution in [3.8, 4) is 0 Å². The van der Waals surface area contributed by atoms with E-state index in [9.17, 15) is 0 Å². The molecule has 13 heavy (non-hydrogen) atoms. The van der Waals surface area contributed by atoms with Crippen LogP contribution in [0, 0.1) is 0 Å². The quantitative estimate of drug-likeness (QED) is 0.671. The Balaban J connectivity index is 2.34. The molecule has 0 fully saturated rings. The topological polar surface area (TPSA) is 37.0 Å². The summed E-state index contributed by atoms with van der Waals surface area (Å²) in [5.74, 6) is 0.898. The summed E-state index contributed by atoms with van der Waals surface area (Å²) >= 11 is 5.84. The molecule has 70 valence electrons. The normalized spacial score (nSPS) is 20.9. The number of halogens is 1. The van der Waals surface area contributed by atoms with E-state index in [4.69, 9.17) is 11.6 Å². The van der Waals surface area contributed by atoms with E-state index in [0.29, 0.717) is 11.1 Å². The third kappa shape index (κ3) is 1.86. The van der Waals surface area contributed by atoms with Gasteiger partial charge in [-0.3, -0.25) is 0 Å². The van der Waals surface area contributed by atoms with Crippen LogP contribution in [0.5, 0.6) is 0 Å². The number of hydrogen-bond donors (Lipinski definition) is 2. The molecule has 2 heterocycles. The number of nitrogens with zero attached hydrogens (tertiary/aromatic N) is 1. The highest BCUT2D eigenvalue weighted by Crippen LogP contribution is 2.25. The molecule has 1 aliphatic heterocycles. The number of rotatable bonds is 0. The summed E-state index contributed by atoms with van der Waals surface area (Å²) in [7, 11) is 0. The lowest BCUT2D eigenvalue weighted by Gasteiger charge is -2.10. The average Bonchev–Trinajstić information content (AvgIpc) is 2.25. The van der Waals surface area contributed by atoms with E-state index in [1.54, 1.807) is 6.20 Å². The molecule has 1 aromatic rings. The van der Waals surface area contributed by atoms with Crippen LogP contribution in [-0.2, 0) is 0 Å². The van der Waals surface area contributed by atoms with Crippen LogP contribution in [0.3, 0.4) is 0 Å². The zero-order chi connectivity index (χ0) is 9.26. The van der Waals surface area contributed by atoms with Gasteiger partial charge < -0.3 is 10.6 Å². The number of anilines is 2. The van der Waals surface area contributed by atoms with Gasteiger partial charge in [0.05, 0.1) is 10.7 Å². The van der Waals surface area contributed by atoms with E-state index in [1.165, 1.54) is 0 Å². The summed E-state index contributed by atoms with van der Waals surface area (Å²) in [6.45, 7) is 3.11. The monoisotopic (exact) mass is 197 g/mol. The Labute approximate surface area is 82.5 Å². The zero-order valence-corrected chi connectivity index (χ0v) is 8.23. The second kappa shape index (κ2) is 3.42. The molecular weight excluding hydrogens is 186 g/mol. The minimum Gasteiger partial charge on any atom is -0.382 e. The Hall–Kier alpha value is -0.960. The highest BCUT2D eigenvalue weighted by Gasteiger charge is 2.12. The third-order valence-corrected chi connectivity index (χ3v) is 2.34. The fraction of sp³-hybridized carbons (Fsp3) is 0.444. The van der Waals surface area contributed by atoms with Crippen LogP contribution in [0.2, 0.25) is 5.02 Å². The largest absolute Gasteiger partial charge is 0.382 e. The molecule has 1 aromatic heterocycles. The molecule has 0 aliphatic carbocycles. The molecule has 3 nitrogen and oxygen atoms in total. The molecule has 1 aliphatic rings. The lowest BCUT2D eigenvalue weighted by molar-refractivity contribution is 0.743. The van der Waals surface area contributed by atoms with Crippen molar-refractivity contribution in [2.45, 2.75) is 19.4 Å². The molecule has 2 N–H and O–H groups in total. The van der Waals surface area contributed by atoms with Crippen LogP contribution in [0.15, 0.2) is 12.3 Å². The first-order valence-electron chi connectivity index (χ1n) is 4.41. The predicted octanol–water partition coefficient (Wildman–Crippen LogP) is 2.35. The zero-order valence-electron chi connectivity index (χ0n) is 7.47. The standard InChI is InChI=1S/C9H12ClN3/c1-6-2-3-11-8-4-7(10)5-12-9(8)13-6/h4-6,11H,2-3H2,1H3,(H,12,13). The van der Waals surface area contributed by atoms with Gasteiger partial charge in [-0.25, -0.2) is 4.98 Å². The van der Waals surface area contributed by atoms with E-state index in [0.717, 1.165) is 24.5 Å². The Kier molecular flexibility index (Phi) is 2.27. The first-order chi connectivity index (χ1) is 6.25. The first-order valence-corrected chi connectivity index (χ1v) is 4.79. The summed E-state index contributed by atoms with van der Waals surface area (Å²) in [6, 6.07) is 2.36. The molecule has 0 radical (unpaired) electrons. The summed E-state index contributed by atoms with van der Waals surface area (Å²) in [5.41, 5.74) is 0.997. The van der Waals surface area contributed by atoms with E-state index >= 15 is 0 Å². The molecule has 1 atom stereocenters. The van der Waals surface area contributed by atoms with Gasteiger partial charge in [0.2, 0.25) is 0 Å². The van der Waals surface area contributed by atoms with Gasteiger partial charge in [-0.15, -0.1) is 0 Å². The molecule has 0 spiro atoms. The van der Waals surface area contributed by atoms with Gasteiger partial charge in [-0.1, -0.05) is 11.6 Å². The first kappa shape index (κ1) is 8.63. The third-order valence-electron chi connectivity index (χ3n) is 2.13. The van der Waals surface area contributed by atoms with Crippen molar-refractivity contribution in [3.63, 3.8) is 0 Å². The fourth-order valence-corrected chi connectivity index (χ4v) is 1.58. The summed E-state index contributed by atoms with van der Waals surface area (Å²) in [6.07, 6.45) is 2.75. The molecule has 0 amide bonds. The van der Waals surface area contributed by atoms with E-state index in [2.05, 4.69) is 22.5 Å². The van der Waals surface area contributed by atoms with E-state index < -0.39 is 0 Å². The van der Waals surface area contributed by atoms with Gasteiger partial charge in [0.1, 0.15) is 5.82 Å². The minimum atomic E-state index is 0.461. The second-order valence-electron chi connectivity index (χ2n) is 3.31. The molecule has 0 aromatic carbocycles. The van der Waals surface area contributed by atoms with Crippen LogP contribution in [0.4, 0.5) is 11.5 Å². The van der Waals surface area contributed by atoms with Crippen molar-refractivity contribution in [1.82, 2.24) is 4.98 Å². The number of hydrogen-bond acceptors (Lipinski definition) is 3. The lowest BCUT2D eigenvalue weighted by atomic mass is 10.2. The summed E-state index contributed by atoms with van der Waals surface area (Å²) < 4.78 is 0. The molecule has 4 heteroatoms. The van der Waals surface area contributed by atoms with Crippen molar-refractivity contribution >= 4 is 23.1 Å². The van der Waals surface area contributed by atoms with Crippen LogP contribution in [0.25, 0.3) is 0 Å². The molecule has 1 unspecified atom stereocenters.